The molecule has 1 aromatic heterocycles. The Morgan fingerprint density at radius 2 is 2.21 bits per heavy atom. The Hall–Kier alpha value is -2.21. The smallest absolute Gasteiger partial charge is 0.292 e. The molecule has 1 saturated carbocycles. The van der Waals surface area contributed by atoms with Gasteiger partial charge in [0.1, 0.15) is 5.82 Å². The average Bonchev–Trinajstić information content (AvgIpc) is 3.22. The molecule has 2 aromatic rings. The number of hydrogen-bond acceptors (Lipinski definition) is 4. The van der Waals surface area contributed by atoms with Crippen molar-refractivity contribution in [2.75, 3.05) is 6.54 Å². The Labute approximate surface area is 139 Å². The maximum absolute atomic E-state index is 13.5. The van der Waals surface area contributed by atoms with E-state index in [1.807, 2.05) is 0 Å². The van der Waals surface area contributed by atoms with Gasteiger partial charge in [-0.05, 0) is 43.9 Å². The van der Waals surface area contributed by atoms with Crippen molar-refractivity contribution in [1.29, 1.82) is 0 Å². The van der Waals surface area contributed by atoms with Crippen molar-refractivity contribution in [3.05, 3.63) is 53.0 Å². The number of amides is 1. The van der Waals surface area contributed by atoms with Crippen molar-refractivity contribution in [3.63, 3.8) is 0 Å². The molecule has 1 aromatic carbocycles. The number of hydrogen-bond donors (Lipinski definition) is 1. The van der Waals surface area contributed by atoms with Gasteiger partial charge in [-0.15, -0.1) is 0 Å². The van der Waals surface area contributed by atoms with Gasteiger partial charge in [0.25, 0.3) is 5.91 Å². The average molecular weight is 330 g/mol. The van der Waals surface area contributed by atoms with Gasteiger partial charge in [-0.3, -0.25) is 4.79 Å². The summed E-state index contributed by atoms with van der Waals surface area (Å²) in [5.74, 6) is 0.532. The van der Waals surface area contributed by atoms with E-state index in [4.69, 9.17) is 4.42 Å². The third-order valence-corrected chi connectivity index (χ3v) is 4.71. The number of aliphatic hydroxyl groups excluding tert-OH is 1. The van der Waals surface area contributed by atoms with Crippen LogP contribution in [0.3, 0.4) is 0 Å². The molecule has 2 atom stereocenters. The van der Waals surface area contributed by atoms with Crippen LogP contribution in [0.2, 0.25) is 0 Å². The Bertz CT molecular complexity index is 784. The topological polar surface area (TPSA) is 66.6 Å². The number of carbonyl (C=O) groups excluding carboxylic acids is 1. The second kappa shape index (κ2) is 5.70. The highest BCUT2D eigenvalue weighted by Crippen LogP contribution is 2.41. The number of halogens is 1. The SMILES string of the molecule is Cc1nc(C2CC2)oc1C(=O)N1C[C@H](O)C[C@@H]1c1cccc(F)c1. The van der Waals surface area contributed by atoms with Gasteiger partial charge in [-0.1, -0.05) is 12.1 Å². The number of aromatic nitrogens is 1. The van der Waals surface area contributed by atoms with Crippen LogP contribution < -0.4 is 0 Å². The second-order valence-electron chi connectivity index (χ2n) is 6.66. The van der Waals surface area contributed by atoms with E-state index in [0.29, 0.717) is 29.5 Å². The Kier molecular flexibility index (Phi) is 3.64. The van der Waals surface area contributed by atoms with Gasteiger partial charge in [-0.25, -0.2) is 9.37 Å². The fourth-order valence-electron chi connectivity index (χ4n) is 3.32. The van der Waals surface area contributed by atoms with Gasteiger partial charge in [0.2, 0.25) is 5.76 Å². The molecule has 2 heterocycles. The number of aryl methyl sites for hydroxylation is 1. The Balaban J connectivity index is 1.64. The van der Waals surface area contributed by atoms with Crippen LogP contribution in [0.4, 0.5) is 4.39 Å². The lowest BCUT2D eigenvalue weighted by Crippen LogP contribution is -2.32. The summed E-state index contributed by atoms with van der Waals surface area (Å²) in [6.45, 7) is 1.96. The normalized spacial score (nSPS) is 23.7. The fourth-order valence-corrected chi connectivity index (χ4v) is 3.32. The molecular weight excluding hydrogens is 311 g/mol. The maximum Gasteiger partial charge on any atom is 0.292 e. The fraction of sp³-hybridized carbons (Fsp3) is 0.444. The predicted molar refractivity (Wildman–Crippen MR) is 84.0 cm³/mol. The molecule has 1 aliphatic heterocycles. The molecule has 1 N–H and O–H groups in total. The molecule has 1 saturated heterocycles. The zero-order valence-electron chi connectivity index (χ0n) is 13.4. The van der Waals surface area contributed by atoms with Gasteiger partial charge in [0.15, 0.2) is 5.89 Å². The molecule has 0 radical (unpaired) electrons. The molecule has 5 nitrogen and oxygen atoms in total. The molecule has 1 aliphatic carbocycles. The van der Waals surface area contributed by atoms with Crippen LogP contribution in [0, 0.1) is 12.7 Å². The highest BCUT2D eigenvalue weighted by molar-refractivity contribution is 5.93. The lowest BCUT2D eigenvalue weighted by molar-refractivity contribution is 0.0680. The van der Waals surface area contributed by atoms with Gasteiger partial charge in [0.05, 0.1) is 17.8 Å². The van der Waals surface area contributed by atoms with Crippen molar-refractivity contribution in [2.24, 2.45) is 0 Å². The summed E-state index contributed by atoms with van der Waals surface area (Å²) in [6, 6.07) is 5.80. The molecule has 126 valence electrons. The van der Waals surface area contributed by atoms with Crippen LogP contribution in [-0.2, 0) is 0 Å². The number of benzene rings is 1. The molecule has 0 spiro atoms. The first-order valence-corrected chi connectivity index (χ1v) is 8.24. The summed E-state index contributed by atoms with van der Waals surface area (Å²) >= 11 is 0. The maximum atomic E-state index is 13.5. The highest BCUT2D eigenvalue weighted by atomic mass is 19.1. The van der Waals surface area contributed by atoms with Crippen LogP contribution in [0.1, 0.15) is 58.9 Å². The lowest BCUT2D eigenvalue weighted by atomic mass is 10.0. The van der Waals surface area contributed by atoms with Crippen LogP contribution in [-0.4, -0.2) is 33.5 Å². The van der Waals surface area contributed by atoms with E-state index in [2.05, 4.69) is 4.98 Å². The summed E-state index contributed by atoms with van der Waals surface area (Å²) in [4.78, 5) is 18.8. The van der Waals surface area contributed by atoms with Crippen LogP contribution in [0.15, 0.2) is 28.7 Å². The van der Waals surface area contributed by atoms with E-state index in [-0.39, 0.29) is 30.1 Å². The molecule has 2 fully saturated rings. The third-order valence-electron chi connectivity index (χ3n) is 4.71. The summed E-state index contributed by atoms with van der Waals surface area (Å²) in [6.07, 6.45) is 1.84. The number of aliphatic hydroxyl groups is 1. The quantitative estimate of drug-likeness (QED) is 0.939. The van der Waals surface area contributed by atoms with E-state index in [9.17, 15) is 14.3 Å². The molecule has 4 rings (SSSR count). The standard InChI is InChI=1S/C18H19FN2O3/c1-10-16(24-17(20-10)11-5-6-11)18(23)21-9-14(22)8-15(21)12-3-2-4-13(19)7-12/h2-4,7,11,14-15,22H,5-6,8-9H2,1H3/t14-,15-/m1/s1. The number of rotatable bonds is 3. The first kappa shape index (κ1) is 15.3. The summed E-state index contributed by atoms with van der Waals surface area (Å²) in [7, 11) is 0. The molecule has 0 bridgehead atoms. The number of likely N-dealkylation sites (tertiary alicyclic amines) is 1. The molecule has 1 amide bonds. The molecule has 6 heteroatoms. The summed E-state index contributed by atoms with van der Waals surface area (Å²) in [5.41, 5.74) is 1.25. The second-order valence-corrected chi connectivity index (χ2v) is 6.66. The van der Waals surface area contributed by atoms with E-state index < -0.39 is 6.10 Å². The van der Waals surface area contributed by atoms with Crippen molar-refractivity contribution >= 4 is 5.91 Å². The molecular formula is C18H19FN2O3. The number of β-amino-alcohol motifs (C(OH)–C–C–N with tert-alkyl or cyclic N) is 1. The lowest BCUT2D eigenvalue weighted by Gasteiger charge is -2.24. The van der Waals surface area contributed by atoms with Gasteiger partial charge < -0.3 is 14.4 Å². The zero-order valence-corrected chi connectivity index (χ0v) is 13.4. The molecule has 0 unspecified atom stereocenters. The van der Waals surface area contributed by atoms with Gasteiger partial charge in [0, 0.05) is 12.5 Å². The molecule has 2 aliphatic rings. The minimum Gasteiger partial charge on any atom is -0.435 e. The first-order chi connectivity index (χ1) is 11.5. The number of oxazole rings is 1. The van der Waals surface area contributed by atoms with Gasteiger partial charge >= 0.3 is 0 Å². The Morgan fingerprint density at radius 1 is 1.42 bits per heavy atom. The summed E-state index contributed by atoms with van der Waals surface area (Å²) in [5, 5.41) is 10.0. The van der Waals surface area contributed by atoms with Crippen molar-refractivity contribution < 1.29 is 18.7 Å². The van der Waals surface area contributed by atoms with E-state index in [0.717, 1.165) is 12.8 Å². The molecule has 24 heavy (non-hydrogen) atoms. The number of nitrogens with zero attached hydrogens (tertiary/aromatic N) is 2. The van der Waals surface area contributed by atoms with Crippen LogP contribution in [0.5, 0.6) is 0 Å². The monoisotopic (exact) mass is 330 g/mol. The highest BCUT2D eigenvalue weighted by Gasteiger charge is 2.39. The largest absolute Gasteiger partial charge is 0.435 e. The first-order valence-electron chi connectivity index (χ1n) is 8.24. The van der Waals surface area contributed by atoms with E-state index >= 15 is 0 Å². The van der Waals surface area contributed by atoms with Crippen molar-refractivity contribution in [1.82, 2.24) is 9.88 Å². The number of carbonyl (C=O) groups is 1. The zero-order chi connectivity index (χ0) is 16.8. The van der Waals surface area contributed by atoms with E-state index in [1.54, 1.807) is 24.0 Å². The Morgan fingerprint density at radius 3 is 2.92 bits per heavy atom. The minimum absolute atomic E-state index is 0.207. The van der Waals surface area contributed by atoms with Crippen LogP contribution >= 0.6 is 0 Å². The van der Waals surface area contributed by atoms with Gasteiger partial charge in [-0.2, -0.15) is 0 Å². The van der Waals surface area contributed by atoms with E-state index in [1.165, 1.54) is 12.1 Å². The van der Waals surface area contributed by atoms with Crippen molar-refractivity contribution in [2.45, 2.75) is 44.2 Å². The summed E-state index contributed by atoms with van der Waals surface area (Å²) < 4.78 is 19.2. The van der Waals surface area contributed by atoms with Crippen molar-refractivity contribution in [3.8, 4) is 0 Å². The van der Waals surface area contributed by atoms with Crippen LogP contribution in [0.25, 0.3) is 0 Å². The predicted octanol–water partition coefficient (Wildman–Crippen LogP) is 2.95. The minimum atomic E-state index is -0.631. The third kappa shape index (κ3) is 2.71.